The molecule has 2 N–H and O–H groups in total. The van der Waals surface area contributed by atoms with Crippen molar-refractivity contribution in [2.24, 2.45) is 0 Å². The molecule has 202 valence electrons. The lowest BCUT2D eigenvalue weighted by Crippen LogP contribution is -2.33. The number of hydrogen-bond acceptors (Lipinski definition) is 8. The largest absolute Gasteiger partial charge is 0.369 e. The molecule has 0 bridgehead atoms. The van der Waals surface area contributed by atoms with Crippen LogP contribution < -0.4 is 10.6 Å². The van der Waals surface area contributed by atoms with Crippen molar-refractivity contribution < 1.29 is 4.79 Å². The smallest absolute Gasteiger partial charge is 0.274 e. The molecule has 1 aliphatic rings. The van der Waals surface area contributed by atoms with E-state index in [0.717, 1.165) is 58.2 Å². The normalized spacial score (nSPS) is 13.8. The number of likely N-dealkylation sites (tertiary alicyclic amines) is 1. The number of carbonyl (C=O) groups excluding carboxylic acids is 1. The van der Waals surface area contributed by atoms with Crippen molar-refractivity contribution in [3.05, 3.63) is 84.2 Å². The summed E-state index contributed by atoms with van der Waals surface area (Å²) in [7, 11) is 0. The summed E-state index contributed by atoms with van der Waals surface area (Å²) < 4.78 is 0. The lowest BCUT2D eigenvalue weighted by Gasteiger charge is -2.26. The van der Waals surface area contributed by atoms with Crippen molar-refractivity contribution in [1.29, 1.82) is 0 Å². The summed E-state index contributed by atoms with van der Waals surface area (Å²) in [6, 6.07) is 21.2. The SMILES string of the molecule is Cc1cccc(-c2nc(NCCN3CCCCC3)cc(C(=O)Nc3ccccc3-c3nc4cccnc4s3)n2)c1. The van der Waals surface area contributed by atoms with Crippen LogP contribution in [0.2, 0.25) is 0 Å². The number of hydrogen-bond donors (Lipinski definition) is 2. The molecule has 0 aliphatic carbocycles. The maximum absolute atomic E-state index is 13.6. The Balaban J connectivity index is 1.28. The number of fused-ring (bicyclic) bond motifs is 1. The second-order valence-corrected chi connectivity index (χ2v) is 11.0. The number of para-hydroxylation sites is 1. The molecule has 0 radical (unpaired) electrons. The second-order valence-electron chi connectivity index (χ2n) is 10.0. The van der Waals surface area contributed by atoms with Crippen LogP contribution >= 0.6 is 11.3 Å². The maximum Gasteiger partial charge on any atom is 0.274 e. The number of pyridine rings is 1. The number of anilines is 2. The third-order valence-corrected chi connectivity index (χ3v) is 8.00. The lowest BCUT2D eigenvalue weighted by atomic mass is 10.1. The monoisotopic (exact) mass is 549 g/mol. The third-order valence-electron chi connectivity index (χ3n) is 6.99. The molecule has 1 fully saturated rings. The number of thiazole rings is 1. The number of benzene rings is 2. The van der Waals surface area contributed by atoms with Gasteiger partial charge < -0.3 is 15.5 Å². The Morgan fingerprint density at radius 1 is 0.950 bits per heavy atom. The molecule has 8 nitrogen and oxygen atoms in total. The number of amides is 1. The van der Waals surface area contributed by atoms with Gasteiger partial charge in [0.15, 0.2) is 5.82 Å². The first-order chi connectivity index (χ1) is 19.6. The summed E-state index contributed by atoms with van der Waals surface area (Å²) in [6.45, 7) is 6.00. The summed E-state index contributed by atoms with van der Waals surface area (Å²) in [4.78, 5) is 35.6. The van der Waals surface area contributed by atoms with E-state index in [-0.39, 0.29) is 5.91 Å². The van der Waals surface area contributed by atoms with Crippen molar-refractivity contribution in [3.8, 4) is 22.0 Å². The van der Waals surface area contributed by atoms with Crippen LogP contribution in [0.25, 0.3) is 32.3 Å². The van der Waals surface area contributed by atoms with E-state index in [1.54, 1.807) is 12.3 Å². The average molecular weight is 550 g/mol. The van der Waals surface area contributed by atoms with Crippen LogP contribution in [0.3, 0.4) is 0 Å². The van der Waals surface area contributed by atoms with Gasteiger partial charge in [-0.3, -0.25) is 4.79 Å². The zero-order valence-electron chi connectivity index (χ0n) is 22.4. The number of rotatable bonds is 8. The van der Waals surface area contributed by atoms with Gasteiger partial charge in [0.25, 0.3) is 5.91 Å². The van der Waals surface area contributed by atoms with Gasteiger partial charge in [-0.1, -0.05) is 53.7 Å². The van der Waals surface area contributed by atoms with Crippen LogP contribution in [0.15, 0.2) is 72.9 Å². The standard InChI is InChI=1S/C31H31N7OS/c1-21-9-7-10-22(19-21)28-34-26(20-27(37-28)32-15-18-38-16-5-2-6-17-38)29(39)35-24-12-4-3-11-23(24)30-36-25-13-8-14-33-31(25)40-30/h3-4,7-14,19-20H,2,5-6,15-18H2,1H3,(H,35,39)(H,32,34,37). The topological polar surface area (TPSA) is 95.9 Å². The molecule has 0 spiro atoms. The van der Waals surface area contributed by atoms with E-state index >= 15 is 0 Å². The second kappa shape index (κ2) is 11.9. The van der Waals surface area contributed by atoms with Gasteiger partial charge in [-0.05, 0) is 63.2 Å². The molecule has 0 saturated carbocycles. The quantitative estimate of drug-likeness (QED) is 0.235. The van der Waals surface area contributed by atoms with Crippen molar-refractivity contribution in [2.45, 2.75) is 26.2 Å². The first kappa shape index (κ1) is 26.0. The van der Waals surface area contributed by atoms with E-state index in [1.807, 2.05) is 67.6 Å². The minimum atomic E-state index is -0.304. The molecule has 0 atom stereocenters. The van der Waals surface area contributed by atoms with Gasteiger partial charge in [-0.2, -0.15) is 0 Å². The van der Waals surface area contributed by atoms with Crippen LogP contribution in [0.5, 0.6) is 0 Å². The zero-order valence-corrected chi connectivity index (χ0v) is 23.2. The lowest BCUT2D eigenvalue weighted by molar-refractivity contribution is 0.102. The molecule has 3 aromatic heterocycles. The zero-order chi connectivity index (χ0) is 27.3. The average Bonchev–Trinajstić information content (AvgIpc) is 3.42. The van der Waals surface area contributed by atoms with Gasteiger partial charge in [-0.25, -0.2) is 19.9 Å². The fourth-order valence-corrected chi connectivity index (χ4v) is 5.89. The molecule has 1 aliphatic heterocycles. The highest BCUT2D eigenvalue weighted by molar-refractivity contribution is 7.21. The van der Waals surface area contributed by atoms with Crippen molar-refractivity contribution >= 4 is 39.1 Å². The minimum absolute atomic E-state index is 0.299. The molecule has 4 heterocycles. The van der Waals surface area contributed by atoms with Crippen molar-refractivity contribution in [2.75, 3.05) is 36.8 Å². The Labute approximate surface area is 237 Å². The molecule has 0 unspecified atom stereocenters. The molecule has 2 aromatic carbocycles. The summed E-state index contributed by atoms with van der Waals surface area (Å²) in [5.74, 6) is 0.851. The van der Waals surface area contributed by atoms with E-state index in [4.69, 9.17) is 9.97 Å². The van der Waals surface area contributed by atoms with Crippen molar-refractivity contribution in [1.82, 2.24) is 24.8 Å². The first-order valence-corrected chi connectivity index (χ1v) is 14.5. The molecular formula is C31H31N7OS. The van der Waals surface area contributed by atoms with Crippen molar-refractivity contribution in [3.63, 3.8) is 0 Å². The molecular weight excluding hydrogens is 518 g/mol. The Morgan fingerprint density at radius 3 is 2.67 bits per heavy atom. The van der Waals surface area contributed by atoms with Crippen LogP contribution in [-0.2, 0) is 0 Å². The molecule has 1 amide bonds. The number of aromatic nitrogens is 4. The summed E-state index contributed by atoms with van der Waals surface area (Å²) >= 11 is 1.50. The van der Waals surface area contributed by atoms with Gasteiger partial charge in [-0.15, -0.1) is 0 Å². The van der Waals surface area contributed by atoms with Gasteiger partial charge >= 0.3 is 0 Å². The fourth-order valence-electron chi connectivity index (χ4n) is 4.94. The Kier molecular flexibility index (Phi) is 7.74. The van der Waals surface area contributed by atoms with E-state index in [1.165, 1.54) is 30.6 Å². The number of piperidine rings is 1. The van der Waals surface area contributed by atoms with Gasteiger partial charge in [0.1, 0.15) is 26.9 Å². The predicted octanol–water partition coefficient (Wildman–Crippen LogP) is 6.27. The van der Waals surface area contributed by atoms with Gasteiger partial charge in [0, 0.05) is 36.5 Å². The Morgan fingerprint density at radius 2 is 1.82 bits per heavy atom. The highest BCUT2D eigenvalue weighted by atomic mass is 32.1. The summed E-state index contributed by atoms with van der Waals surface area (Å²) in [6.07, 6.45) is 5.58. The number of carbonyl (C=O) groups is 1. The predicted molar refractivity (Wildman–Crippen MR) is 162 cm³/mol. The maximum atomic E-state index is 13.6. The van der Waals surface area contributed by atoms with Gasteiger partial charge in [0.05, 0.1) is 5.69 Å². The summed E-state index contributed by atoms with van der Waals surface area (Å²) in [5, 5.41) is 7.31. The number of nitrogens with zero attached hydrogens (tertiary/aromatic N) is 5. The van der Waals surface area contributed by atoms with E-state index in [0.29, 0.717) is 23.0 Å². The Bertz CT molecular complexity index is 1610. The fraction of sp³-hybridized carbons (Fsp3) is 0.258. The number of aryl methyl sites for hydroxylation is 1. The Hall–Kier alpha value is -4.21. The highest BCUT2D eigenvalue weighted by Gasteiger charge is 2.17. The van der Waals surface area contributed by atoms with Crippen LogP contribution in [0.4, 0.5) is 11.5 Å². The first-order valence-electron chi connectivity index (χ1n) is 13.7. The minimum Gasteiger partial charge on any atom is -0.369 e. The summed E-state index contributed by atoms with van der Waals surface area (Å²) in [5.41, 5.74) is 4.62. The van der Waals surface area contributed by atoms with E-state index < -0.39 is 0 Å². The molecule has 40 heavy (non-hydrogen) atoms. The van der Waals surface area contributed by atoms with Crippen LogP contribution in [0.1, 0.15) is 35.3 Å². The molecule has 9 heteroatoms. The number of nitrogens with one attached hydrogen (secondary N) is 2. The van der Waals surface area contributed by atoms with Gasteiger partial charge in [0.2, 0.25) is 0 Å². The third kappa shape index (κ3) is 6.00. The van der Waals surface area contributed by atoms with Crippen LogP contribution in [-0.4, -0.2) is 56.9 Å². The molecule has 1 saturated heterocycles. The highest BCUT2D eigenvalue weighted by Crippen LogP contribution is 2.34. The van der Waals surface area contributed by atoms with Crippen LogP contribution in [0, 0.1) is 6.92 Å². The van der Waals surface area contributed by atoms with E-state index in [9.17, 15) is 4.79 Å². The molecule has 6 rings (SSSR count). The molecule has 5 aromatic rings. The van der Waals surface area contributed by atoms with E-state index in [2.05, 4.69) is 25.5 Å².